The number of carboxylic acid groups (broad SMARTS) is 1. The zero-order valence-corrected chi connectivity index (χ0v) is 18.1. The van der Waals surface area contributed by atoms with E-state index in [9.17, 15) is 9.90 Å². The lowest BCUT2D eigenvalue weighted by atomic mass is 9.98. The highest BCUT2D eigenvalue weighted by Gasteiger charge is 2.21. The van der Waals surface area contributed by atoms with Gasteiger partial charge in [-0.2, -0.15) is 0 Å². The van der Waals surface area contributed by atoms with Gasteiger partial charge >= 0.3 is 5.97 Å². The lowest BCUT2D eigenvalue weighted by molar-refractivity contribution is 0.0701. The summed E-state index contributed by atoms with van der Waals surface area (Å²) in [5, 5.41) is 13.3. The van der Waals surface area contributed by atoms with E-state index in [0.717, 1.165) is 29.5 Å². The molecule has 0 atom stereocenters. The molecule has 4 aromatic rings. The fourth-order valence-corrected chi connectivity index (χ4v) is 3.97. The molecule has 0 amide bonds. The number of carbonyl (C=O) groups is 1. The Bertz CT molecular complexity index is 1240. The van der Waals surface area contributed by atoms with Crippen molar-refractivity contribution in [2.75, 3.05) is 24.6 Å². The number of carboxylic acids is 1. The first-order valence-corrected chi connectivity index (χ1v) is 9.98. The number of hydrogen-bond donors (Lipinski definition) is 1. The number of fused-ring (bicyclic) bond motifs is 3. The molecule has 0 bridgehead atoms. The van der Waals surface area contributed by atoms with Gasteiger partial charge in [-0.3, -0.25) is 0 Å². The molecular weight excluding hydrogens is 400 g/mol. The van der Waals surface area contributed by atoms with Crippen LogP contribution in [-0.4, -0.2) is 35.8 Å². The molecule has 0 aliphatic carbocycles. The molecule has 0 spiro atoms. The highest BCUT2D eigenvalue weighted by Crippen LogP contribution is 2.37. The average Bonchev–Trinajstić information content (AvgIpc) is 2.71. The Morgan fingerprint density at radius 3 is 2.27 bits per heavy atom. The van der Waals surface area contributed by atoms with Gasteiger partial charge in [-0.1, -0.05) is 24.3 Å². The number of anilines is 1. The van der Waals surface area contributed by atoms with Crippen molar-refractivity contribution in [2.24, 2.45) is 0 Å². The summed E-state index contributed by atoms with van der Waals surface area (Å²) in [4.78, 5) is 19.4. The van der Waals surface area contributed by atoms with E-state index in [1.165, 1.54) is 0 Å². The first kappa shape index (κ1) is 21.7. The number of aromatic carboxylic acids is 1. The molecular formula is C24H25ClN2O3. The maximum Gasteiger partial charge on any atom is 0.337 e. The van der Waals surface area contributed by atoms with Crippen molar-refractivity contribution in [3.05, 3.63) is 54.1 Å². The van der Waals surface area contributed by atoms with E-state index in [1.54, 1.807) is 0 Å². The van der Waals surface area contributed by atoms with Crippen LogP contribution in [0, 0.1) is 0 Å². The van der Waals surface area contributed by atoms with Crippen molar-refractivity contribution in [1.82, 2.24) is 4.98 Å². The second kappa shape index (κ2) is 8.76. The molecule has 0 aliphatic heterocycles. The number of halogens is 1. The Morgan fingerprint density at radius 1 is 1.00 bits per heavy atom. The molecule has 1 N–H and O–H groups in total. The normalized spacial score (nSPS) is 10.9. The second-order valence-corrected chi connectivity index (χ2v) is 6.95. The van der Waals surface area contributed by atoms with Gasteiger partial charge in [0.15, 0.2) is 0 Å². The van der Waals surface area contributed by atoms with E-state index in [1.807, 2.05) is 55.5 Å². The van der Waals surface area contributed by atoms with Crippen LogP contribution in [0.4, 0.5) is 5.69 Å². The van der Waals surface area contributed by atoms with Crippen molar-refractivity contribution >= 4 is 56.6 Å². The standard InChI is InChI=1S/C24H24N2O3.ClH/c1-4-26(5-2)17-13-20-23(21(14-17)29-6-3)22(24(27)28)18-11-15-9-7-8-10-16(15)12-19(18)25-20;/h7-14H,4-6H2,1-3H3,(H,27,28);1H. The molecule has 4 rings (SSSR count). The van der Waals surface area contributed by atoms with Crippen molar-refractivity contribution in [3.8, 4) is 5.75 Å². The molecule has 156 valence electrons. The molecule has 0 saturated carbocycles. The van der Waals surface area contributed by atoms with Crippen molar-refractivity contribution in [1.29, 1.82) is 0 Å². The molecule has 0 saturated heterocycles. The Balaban J connectivity index is 0.00000256. The van der Waals surface area contributed by atoms with Crippen LogP contribution in [0.1, 0.15) is 31.1 Å². The molecule has 1 heterocycles. The minimum atomic E-state index is -0.978. The highest BCUT2D eigenvalue weighted by molar-refractivity contribution is 6.17. The number of rotatable bonds is 6. The summed E-state index contributed by atoms with van der Waals surface area (Å²) >= 11 is 0. The Kier molecular flexibility index (Phi) is 6.32. The van der Waals surface area contributed by atoms with E-state index in [4.69, 9.17) is 9.72 Å². The van der Waals surface area contributed by atoms with Gasteiger partial charge in [0.25, 0.3) is 0 Å². The van der Waals surface area contributed by atoms with E-state index in [0.29, 0.717) is 34.2 Å². The largest absolute Gasteiger partial charge is 0.493 e. The Morgan fingerprint density at radius 2 is 1.67 bits per heavy atom. The van der Waals surface area contributed by atoms with Gasteiger partial charge in [0.2, 0.25) is 0 Å². The lowest BCUT2D eigenvalue weighted by Gasteiger charge is -2.23. The molecule has 1 aromatic heterocycles. The molecule has 5 nitrogen and oxygen atoms in total. The Labute approximate surface area is 181 Å². The predicted molar refractivity (Wildman–Crippen MR) is 126 cm³/mol. The summed E-state index contributed by atoms with van der Waals surface area (Å²) < 4.78 is 5.90. The fourth-order valence-electron chi connectivity index (χ4n) is 3.97. The summed E-state index contributed by atoms with van der Waals surface area (Å²) in [5.41, 5.74) is 2.53. The summed E-state index contributed by atoms with van der Waals surface area (Å²) in [6.45, 7) is 8.23. The summed E-state index contributed by atoms with van der Waals surface area (Å²) in [7, 11) is 0. The van der Waals surface area contributed by atoms with Gasteiger partial charge in [0.1, 0.15) is 5.75 Å². The maximum atomic E-state index is 12.4. The van der Waals surface area contributed by atoms with Crippen LogP contribution in [0.15, 0.2) is 48.5 Å². The smallest absolute Gasteiger partial charge is 0.337 e. The lowest BCUT2D eigenvalue weighted by Crippen LogP contribution is -2.22. The second-order valence-electron chi connectivity index (χ2n) is 6.95. The summed E-state index contributed by atoms with van der Waals surface area (Å²) in [6, 6.07) is 15.7. The quantitative estimate of drug-likeness (QED) is 0.390. The van der Waals surface area contributed by atoms with E-state index < -0.39 is 5.97 Å². The highest BCUT2D eigenvalue weighted by atomic mass is 35.5. The number of nitrogens with zero attached hydrogens (tertiary/aromatic N) is 2. The number of hydrogen-bond acceptors (Lipinski definition) is 4. The zero-order valence-electron chi connectivity index (χ0n) is 17.3. The third-order valence-corrected chi connectivity index (χ3v) is 5.33. The molecule has 6 heteroatoms. The van der Waals surface area contributed by atoms with Crippen molar-refractivity contribution in [3.63, 3.8) is 0 Å². The number of ether oxygens (including phenoxy) is 1. The summed E-state index contributed by atoms with van der Waals surface area (Å²) in [5.74, 6) is -0.416. The minimum Gasteiger partial charge on any atom is -0.493 e. The van der Waals surface area contributed by atoms with E-state index in [-0.39, 0.29) is 18.0 Å². The van der Waals surface area contributed by atoms with Crippen molar-refractivity contribution < 1.29 is 14.6 Å². The fraction of sp³-hybridized carbons (Fsp3) is 0.250. The molecule has 0 fully saturated rings. The van der Waals surface area contributed by atoms with Gasteiger partial charge in [-0.05, 0) is 49.7 Å². The summed E-state index contributed by atoms with van der Waals surface area (Å²) in [6.07, 6.45) is 0. The number of pyridine rings is 1. The van der Waals surface area contributed by atoms with E-state index in [2.05, 4.69) is 18.7 Å². The first-order chi connectivity index (χ1) is 14.1. The molecule has 3 aromatic carbocycles. The van der Waals surface area contributed by atoms with E-state index >= 15 is 0 Å². The monoisotopic (exact) mass is 424 g/mol. The van der Waals surface area contributed by atoms with Crippen LogP contribution in [0.5, 0.6) is 5.75 Å². The van der Waals surface area contributed by atoms with Crippen LogP contribution in [-0.2, 0) is 0 Å². The topological polar surface area (TPSA) is 62.7 Å². The molecule has 0 unspecified atom stereocenters. The third kappa shape index (κ3) is 3.61. The maximum absolute atomic E-state index is 12.4. The van der Waals surface area contributed by atoms with Gasteiger partial charge in [0, 0.05) is 30.2 Å². The van der Waals surface area contributed by atoms with Gasteiger partial charge < -0.3 is 14.7 Å². The average molecular weight is 425 g/mol. The third-order valence-electron chi connectivity index (χ3n) is 5.33. The zero-order chi connectivity index (χ0) is 20.5. The minimum absolute atomic E-state index is 0. The van der Waals surface area contributed by atoms with Gasteiger partial charge in [-0.25, -0.2) is 9.78 Å². The van der Waals surface area contributed by atoms with Gasteiger partial charge in [0.05, 0.1) is 28.6 Å². The van der Waals surface area contributed by atoms with Crippen LogP contribution in [0.25, 0.3) is 32.6 Å². The number of aromatic nitrogens is 1. The molecule has 0 radical (unpaired) electrons. The van der Waals surface area contributed by atoms with Gasteiger partial charge in [-0.15, -0.1) is 12.4 Å². The van der Waals surface area contributed by atoms with Crippen LogP contribution >= 0.6 is 12.4 Å². The first-order valence-electron chi connectivity index (χ1n) is 9.98. The Hall–Kier alpha value is -3.05. The number of benzene rings is 3. The van der Waals surface area contributed by atoms with Crippen LogP contribution in [0.2, 0.25) is 0 Å². The van der Waals surface area contributed by atoms with Crippen LogP contribution < -0.4 is 9.64 Å². The van der Waals surface area contributed by atoms with Crippen molar-refractivity contribution in [2.45, 2.75) is 20.8 Å². The predicted octanol–water partition coefficient (Wildman–Crippen LogP) is 5.91. The SMILES string of the molecule is CCOc1cc(N(CC)CC)cc2nc3cc4ccccc4cc3c(C(=O)O)c12.Cl. The molecule has 0 aliphatic rings. The van der Waals surface area contributed by atoms with Crippen LogP contribution in [0.3, 0.4) is 0 Å². The molecule has 30 heavy (non-hydrogen) atoms.